The Morgan fingerprint density at radius 3 is 3.05 bits per heavy atom. The molecule has 1 saturated heterocycles. The second-order valence-corrected chi connectivity index (χ2v) is 5.90. The molecule has 0 aromatic heterocycles. The highest BCUT2D eigenvalue weighted by atomic mass is 16.5. The fraction of sp³-hybridized carbons (Fsp3) is 0.562. The number of anilines is 1. The largest absolute Gasteiger partial charge is 0.487 e. The average Bonchev–Trinajstić information content (AvgIpc) is 2.47. The normalized spacial score (nSPS) is 25.8. The first kappa shape index (κ1) is 13.4. The van der Waals surface area contributed by atoms with Crippen molar-refractivity contribution in [3.05, 3.63) is 23.8 Å². The molecular formula is C16H22N2O2. The first-order valence-electron chi connectivity index (χ1n) is 7.42. The first-order valence-corrected chi connectivity index (χ1v) is 7.42. The van der Waals surface area contributed by atoms with Crippen LogP contribution in [-0.2, 0) is 0 Å². The van der Waals surface area contributed by atoms with E-state index in [1.807, 2.05) is 25.2 Å². The van der Waals surface area contributed by atoms with E-state index in [9.17, 15) is 4.79 Å². The number of ether oxygens (including phenoxy) is 1. The third-order valence-electron chi connectivity index (χ3n) is 4.18. The summed E-state index contributed by atoms with van der Waals surface area (Å²) in [5, 5.41) is 3.31. The van der Waals surface area contributed by atoms with Gasteiger partial charge in [-0.15, -0.1) is 0 Å². The molecule has 2 heterocycles. The lowest BCUT2D eigenvalue weighted by atomic mass is 9.90. The molecule has 2 unspecified atom stereocenters. The zero-order valence-electron chi connectivity index (χ0n) is 12.2. The maximum absolute atomic E-state index is 12.6. The standard InChI is InChI=1S/C16H22N2O2/c1-11-10-18(2)14-8-12(5-6-15(14)20-11)16(19)13-4-3-7-17-9-13/h5-6,8,11,13,17H,3-4,7,9-10H2,1-2H3. The summed E-state index contributed by atoms with van der Waals surface area (Å²) in [6.45, 7) is 4.75. The minimum atomic E-state index is 0.121. The summed E-state index contributed by atoms with van der Waals surface area (Å²) >= 11 is 0. The highest BCUT2D eigenvalue weighted by Crippen LogP contribution is 2.34. The molecule has 4 heteroatoms. The van der Waals surface area contributed by atoms with E-state index >= 15 is 0 Å². The van der Waals surface area contributed by atoms with Crippen molar-refractivity contribution >= 4 is 11.5 Å². The van der Waals surface area contributed by atoms with Crippen molar-refractivity contribution in [3.8, 4) is 5.75 Å². The molecule has 0 saturated carbocycles. The molecule has 1 aromatic rings. The number of Topliss-reactive ketones (excluding diaryl/α,β-unsaturated/α-hetero) is 1. The summed E-state index contributed by atoms with van der Waals surface area (Å²) in [6.07, 6.45) is 2.27. The van der Waals surface area contributed by atoms with Crippen LogP contribution in [0, 0.1) is 5.92 Å². The number of piperidine rings is 1. The molecule has 1 aromatic carbocycles. The van der Waals surface area contributed by atoms with E-state index < -0.39 is 0 Å². The Labute approximate surface area is 120 Å². The monoisotopic (exact) mass is 274 g/mol. The quantitative estimate of drug-likeness (QED) is 0.839. The van der Waals surface area contributed by atoms with Crippen molar-refractivity contribution in [3.63, 3.8) is 0 Å². The van der Waals surface area contributed by atoms with Crippen molar-refractivity contribution in [2.45, 2.75) is 25.9 Å². The van der Waals surface area contributed by atoms with Gasteiger partial charge in [0.05, 0.1) is 12.2 Å². The van der Waals surface area contributed by atoms with Crippen molar-refractivity contribution in [2.24, 2.45) is 5.92 Å². The van der Waals surface area contributed by atoms with Crippen LogP contribution >= 0.6 is 0 Å². The molecule has 2 atom stereocenters. The molecule has 0 amide bonds. The molecule has 2 aliphatic rings. The van der Waals surface area contributed by atoms with Gasteiger partial charge in [-0.3, -0.25) is 4.79 Å². The summed E-state index contributed by atoms with van der Waals surface area (Å²) in [5.74, 6) is 1.26. The summed E-state index contributed by atoms with van der Waals surface area (Å²) in [7, 11) is 2.05. The smallest absolute Gasteiger partial charge is 0.167 e. The Hall–Kier alpha value is -1.55. The van der Waals surface area contributed by atoms with Crippen molar-refractivity contribution in [1.29, 1.82) is 0 Å². The number of likely N-dealkylation sites (N-methyl/N-ethyl adjacent to an activating group) is 1. The van der Waals surface area contributed by atoms with Crippen LogP contribution in [0.4, 0.5) is 5.69 Å². The van der Waals surface area contributed by atoms with Crippen LogP contribution in [0.15, 0.2) is 18.2 Å². The van der Waals surface area contributed by atoms with Gasteiger partial charge < -0.3 is 15.0 Å². The fourth-order valence-corrected chi connectivity index (χ4v) is 3.12. The predicted octanol–water partition coefficient (Wildman–Crippen LogP) is 2.09. The van der Waals surface area contributed by atoms with Gasteiger partial charge in [0.1, 0.15) is 11.9 Å². The predicted molar refractivity (Wildman–Crippen MR) is 79.7 cm³/mol. The molecule has 20 heavy (non-hydrogen) atoms. The summed E-state index contributed by atoms with van der Waals surface area (Å²) in [4.78, 5) is 14.7. The highest BCUT2D eigenvalue weighted by Gasteiger charge is 2.25. The lowest BCUT2D eigenvalue weighted by Gasteiger charge is -2.32. The molecule has 1 N–H and O–H groups in total. The molecule has 2 aliphatic heterocycles. The van der Waals surface area contributed by atoms with Gasteiger partial charge in [0, 0.05) is 25.1 Å². The van der Waals surface area contributed by atoms with Gasteiger partial charge in [0.15, 0.2) is 5.78 Å². The van der Waals surface area contributed by atoms with Gasteiger partial charge in [-0.2, -0.15) is 0 Å². The Kier molecular flexibility index (Phi) is 3.66. The molecule has 3 rings (SSSR count). The van der Waals surface area contributed by atoms with Gasteiger partial charge in [-0.1, -0.05) is 0 Å². The number of rotatable bonds is 2. The molecule has 0 radical (unpaired) electrons. The number of fused-ring (bicyclic) bond motifs is 1. The van der Waals surface area contributed by atoms with E-state index in [0.717, 1.165) is 49.5 Å². The summed E-state index contributed by atoms with van der Waals surface area (Å²) in [5.41, 5.74) is 1.83. The maximum atomic E-state index is 12.6. The van der Waals surface area contributed by atoms with E-state index in [1.54, 1.807) is 0 Å². The van der Waals surface area contributed by atoms with Gasteiger partial charge in [0.25, 0.3) is 0 Å². The fourth-order valence-electron chi connectivity index (χ4n) is 3.12. The van der Waals surface area contributed by atoms with E-state index in [-0.39, 0.29) is 17.8 Å². The van der Waals surface area contributed by atoms with Crippen LogP contribution in [-0.4, -0.2) is 38.6 Å². The number of hydrogen-bond acceptors (Lipinski definition) is 4. The molecule has 1 fully saturated rings. The van der Waals surface area contributed by atoms with Crippen LogP contribution in [0.5, 0.6) is 5.75 Å². The van der Waals surface area contributed by atoms with E-state index in [2.05, 4.69) is 17.1 Å². The Balaban J connectivity index is 1.84. The van der Waals surface area contributed by atoms with Crippen LogP contribution < -0.4 is 15.0 Å². The number of carbonyl (C=O) groups excluding carboxylic acids is 1. The van der Waals surface area contributed by atoms with Gasteiger partial charge >= 0.3 is 0 Å². The molecule has 0 spiro atoms. The Morgan fingerprint density at radius 2 is 2.30 bits per heavy atom. The minimum Gasteiger partial charge on any atom is -0.487 e. The third-order valence-corrected chi connectivity index (χ3v) is 4.18. The summed E-state index contributed by atoms with van der Waals surface area (Å²) in [6, 6.07) is 5.82. The molecule has 0 bridgehead atoms. The topological polar surface area (TPSA) is 41.6 Å². The van der Waals surface area contributed by atoms with Crippen molar-refractivity contribution in [2.75, 3.05) is 31.6 Å². The molecular weight excluding hydrogens is 252 g/mol. The minimum absolute atomic E-state index is 0.121. The maximum Gasteiger partial charge on any atom is 0.167 e. The average molecular weight is 274 g/mol. The zero-order valence-corrected chi connectivity index (χ0v) is 12.2. The van der Waals surface area contributed by atoms with E-state index in [4.69, 9.17) is 4.74 Å². The van der Waals surface area contributed by atoms with E-state index in [0.29, 0.717) is 0 Å². The van der Waals surface area contributed by atoms with Crippen LogP contribution in [0.2, 0.25) is 0 Å². The van der Waals surface area contributed by atoms with Gasteiger partial charge in [-0.05, 0) is 44.5 Å². The molecule has 0 aliphatic carbocycles. The van der Waals surface area contributed by atoms with E-state index in [1.165, 1.54) is 0 Å². The van der Waals surface area contributed by atoms with Crippen molar-refractivity contribution in [1.82, 2.24) is 5.32 Å². The number of benzene rings is 1. The number of nitrogens with zero attached hydrogens (tertiary/aromatic N) is 1. The lowest BCUT2D eigenvalue weighted by Crippen LogP contribution is -2.36. The van der Waals surface area contributed by atoms with Crippen molar-refractivity contribution < 1.29 is 9.53 Å². The number of nitrogens with one attached hydrogen (secondary N) is 1. The van der Waals surface area contributed by atoms with Gasteiger partial charge in [-0.25, -0.2) is 0 Å². The number of carbonyl (C=O) groups is 1. The highest BCUT2D eigenvalue weighted by molar-refractivity contribution is 5.99. The van der Waals surface area contributed by atoms with Crippen LogP contribution in [0.1, 0.15) is 30.1 Å². The lowest BCUT2D eigenvalue weighted by molar-refractivity contribution is 0.0899. The Bertz CT molecular complexity index is 509. The molecule has 108 valence electrons. The number of hydrogen-bond donors (Lipinski definition) is 1. The summed E-state index contributed by atoms with van der Waals surface area (Å²) < 4.78 is 5.82. The first-order chi connectivity index (χ1) is 9.65. The van der Waals surface area contributed by atoms with Crippen LogP contribution in [0.25, 0.3) is 0 Å². The molecule has 4 nitrogen and oxygen atoms in total. The number of ketones is 1. The second-order valence-electron chi connectivity index (χ2n) is 5.90. The zero-order chi connectivity index (χ0) is 14.1. The second kappa shape index (κ2) is 5.44. The van der Waals surface area contributed by atoms with Gasteiger partial charge in [0.2, 0.25) is 0 Å². The third kappa shape index (κ3) is 2.52. The Morgan fingerprint density at radius 1 is 1.45 bits per heavy atom. The SMILES string of the molecule is CC1CN(C)c2cc(C(=O)C3CCCNC3)ccc2O1. The van der Waals surface area contributed by atoms with Crippen LogP contribution in [0.3, 0.4) is 0 Å².